The van der Waals surface area contributed by atoms with Crippen LogP contribution in [-0.4, -0.2) is 19.3 Å². The van der Waals surface area contributed by atoms with Crippen LogP contribution in [0.15, 0.2) is 54.7 Å². The van der Waals surface area contributed by atoms with Gasteiger partial charge in [-0.05, 0) is 37.1 Å². The molecule has 0 heterocycles. The van der Waals surface area contributed by atoms with Crippen LogP contribution in [-0.2, 0) is 5.60 Å². The summed E-state index contributed by atoms with van der Waals surface area (Å²) in [6.45, 7) is 11.6. The van der Waals surface area contributed by atoms with E-state index in [4.69, 9.17) is 9.47 Å². The molecule has 3 nitrogen and oxygen atoms in total. The lowest BCUT2D eigenvalue weighted by Crippen LogP contribution is -2.24. The van der Waals surface area contributed by atoms with Gasteiger partial charge in [-0.25, -0.2) is 0 Å². The Balaban J connectivity index is 0.00000232. The minimum absolute atomic E-state index is 0.605. The number of benzene rings is 1. The molecule has 0 aliphatic rings. The lowest BCUT2D eigenvalue weighted by atomic mass is 9.86. The standard InChI is InChI=1S/C18H24O3.C2H6/c1-6-8-9-10-14(7-2)18(3,19)16-13-15(20-4)11-12-17(16)21-5;1-2/h7-13,19H,2,6H2,1,3-5H3;1-2H3/b9-8-,14-10+;. The quantitative estimate of drug-likeness (QED) is 0.718. The highest BCUT2D eigenvalue weighted by Gasteiger charge is 2.30. The molecule has 1 unspecified atom stereocenters. The number of hydrogen-bond donors (Lipinski definition) is 1. The van der Waals surface area contributed by atoms with Gasteiger partial charge < -0.3 is 14.6 Å². The predicted octanol–water partition coefficient (Wildman–Crippen LogP) is 5.02. The van der Waals surface area contributed by atoms with Gasteiger partial charge in [0.2, 0.25) is 0 Å². The van der Waals surface area contributed by atoms with Gasteiger partial charge in [-0.1, -0.05) is 51.7 Å². The fraction of sp³-hybridized carbons (Fsp3) is 0.400. The van der Waals surface area contributed by atoms with Crippen LogP contribution < -0.4 is 9.47 Å². The van der Waals surface area contributed by atoms with E-state index in [0.717, 1.165) is 6.42 Å². The lowest BCUT2D eigenvalue weighted by molar-refractivity contribution is 0.0979. The normalized spacial score (nSPS) is 13.8. The highest BCUT2D eigenvalue weighted by molar-refractivity contribution is 5.49. The van der Waals surface area contributed by atoms with E-state index in [9.17, 15) is 5.11 Å². The Kier molecular flexibility index (Phi) is 9.75. The molecular formula is C20H30O3. The second-order valence-corrected chi connectivity index (χ2v) is 4.80. The van der Waals surface area contributed by atoms with Crippen molar-refractivity contribution < 1.29 is 14.6 Å². The van der Waals surface area contributed by atoms with E-state index in [1.807, 2.05) is 32.1 Å². The number of aliphatic hydroxyl groups is 1. The van der Waals surface area contributed by atoms with E-state index in [-0.39, 0.29) is 0 Å². The predicted molar refractivity (Wildman–Crippen MR) is 98.2 cm³/mol. The van der Waals surface area contributed by atoms with E-state index in [1.165, 1.54) is 0 Å². The first-order valence-electron chi connectivity index (χ1n) is 7.95. The Morgan fingerprint density at radius 3 is 2.39 bits per heavy atom. The molecule has 0 saturated heterocycles. The second-order valence-electron chi connectivity index (χ2n) is 4.80. The molecule has 128 valence electrons. The van der Waals surface area contributed by atoms with Gasteiger partial charge >= 0.3 is 0 Å². The van der Waals surface area contributed by atoms with Crippen LogP contribution >= 0.6 is 0 Å². The number of hydrogen-bond acceptors (Lipinski definition) is 3. The summed E-state index contributed by atoms with van der Waals surface area (Å²) in [7, 11) is 3.17. The van der Waals surface area contributed by atoms with E-state index in [1.54, 1.807) is 45.4 Å². The summed E-state index contributed by atoms with van der Waals surface area (Å²) in [5.74, 6) is 1.27. The first kappa shape index (κ1) is 21.0. The van der Waals surface area contributed by atoms with Gasteiger partial charge in [-0.15, -0.1) is 0 Å². The zero-order valence-corrected chi connectivity index (χ0v) is 15.2. The Morgan fingerprint density at radius 2 is 1.91 bits per heavy atom. The third-order valence-corrected chi connectivity index (χ3v) is 3.36. The molecule has 0 radical (unpaired) electrons. The van der Waals surface area contributed by atoms with Crippen LogP contribution in [0, 0.1) is 0 Å². The Hall–Kier alpha value is -2.00. The lowest BCUT2D eigenvalue weighted by Gasteiger charge is -2.27. The molecule has 0 aromatic heterocycles. The largest absolute Gasteiger partial charge is 0.497 e. The maximum Gasteiger partial charge on any atom is 0.125 e. The number of allylic oxidation sites excluding steroid dienone is 3. The molecule has 1 atom stereocenters. The molecule has 0 saturated carbocycles. The Morgan fingerprint density at radius 1 is 1.26 bits per heavy atom. The summed E-state index contributed by atoms with van der Waals surface area (Å²) >= 11 is 0. The molecule has 0 fully saturated rings. The van der Waals surface area contributed by atoms with E-state index in [0.29, 0.717) is 22.6 Å². The average Bonchev–Trinajstić information content (AvgIpc) is 2.59. The van der Waals surface area contributed by atoms with Crippen LogP contribution in [0.2, 0.25) is 0 Å². The molecule has 1 aromatic rings. The molecule has 3 heteroatoms. The van der Waals surface area contributed by atoms with Gasteiger partial charge in [-0.2, -0.15) is 0 Å². The van der Waals surface area contributed by atoms with Crippen molar-refractivity contribution >= 4 is 0 Å². The number of methoxy groups -OCH3 is 2. The SMILES string of the molecule is C=C/C(=C\C=C/CC)C(C)(O)c1cc(OC)ccc1OC.CC. The maximum absolute atomic E-state index is 11.0. The zero-order chi connectivity index (χ0) is 17.9. The van der Waals surface area contributed by atoms with Crippen molar-refractivity contribution in [2.75, 3.05) is 14.2 Å². The van der Waals surface area contributed by atoms with E-state index >= 15 is 0 Å². The van der Waals surface area contributed by atoms with Crippen molar-refractivity contribution in [1.82, 2.24) is 0 Å². The zero-order valence-electron chi connectivity index (χ0n) is 15.2. The minimum atomic E-state index is -1.22. The fourth-order valence-corrected chi connectivity index (χ4v) is 2.09. The average molecular weight is 318 g/mol. The van der Waals surface area contributed by atoms with Gasteiger partial charge in [0.05, 0.1) is 14.2 Å². The summed E-state index contributed by atoms with van der Waals surface area (Å²) in [4.78, 5) is 0. The van der Waals surface area contributed by atoms with Crippen LogP contribution in [0.1, 0.15) is 39.7 Å². The third kappa shape index (κ3) is 5.61. The highest BCUT2D eigenvalue weighted by Crippen LogP contribution is 2.38. The monoisotopic (exact) mass is 318 g/mol. The van der Waals surface area contributed by atoms with Crippen molar-refractivity contribution in [3.63, 3.8) is 0 Å². The highest BCUT2D eigenvalue weighted by atomic mass is 16.5. The van der Waals surface area contributed by atoms with Crippen LogP contribution in [0.5, 0.6) is 11.5 Å². The smallest absolute Gasteiger partial charge is 0.125 e. The van der Waals surface area contributed by atoms with Crippen molar-refractivity contribution in [3.05, 3.63) is 60.2 Å². The molecule has 0 aliphatic heterocycles. The van der Waals surface area contributed by atoms with Crippen LogP contribution in [0.3, 0.4) is 0 Å². The fourth-order valence-electron chi connectivity index (χ4n) is 2.09. The minimum Gasteiger partial charge on any atom is -0.497 e. The molecule has 23 heavy (non-hydrogen) atoms. The summed E-state index contributed by atoms with van der Waals surface area (Å²) in [6, 6.07) is 5.36. The molecule has 0 spiro atoms. The molecule has 0 amide bonds. The topological polar surface area (TPSA) is 38.7 Å². The molecular weight excluding hydrogens is 288 g/mol. The molecule has 0 aliphatic carbocycles. The first-order valence-corrected chi connectivity index (χ1v) is 7.95. The van der Waals surface area contributed by atoms with Gasteiger partial charge in [0.1, 0.15) is 17.1 Å². The van der Waals surface area contributed by atoms with Gasteiger partial charge in [0.15, 0.2) is 0 Å². The Labute approximate surface area is 140 Å². The molecule has 1 N–H and O–H groups in total. The maximum atomic E-state index is 11.0. The van der Waals surface area contributed by atoms with Crippen molar-refractivity contribution in [2.45, 2.75) is 39.7 Å². The van der Waals surface area contributed by atoms with Gasteiger partial charge in [-0.3, -0.25) is 0 Å². The van der Waals surface area contributed by atoms with Gasteiger partial charge in [0, 0.05) is 5.56 Å². The van der Waals surface area contributed by atoms with Crippen molar-refractivity contribution in [3.8, 4) is 11.5 Å². The second kappa shape index (κ2) is 10.7. The molecule has 1 rings (SSSR count). The summed E-state index contributed by atoms with van der Waals surface area (Å²) in [6.07, 6.45) is 8.38. The third-order valence-electron chi connectivity index (χ3n) is 3.36. The first-order chi connectivity index (χ1) is 11.0. The van der Waals surface area contributed by atoms with Crippen LogP contribution in [0.25, 0.3) is 0 Å². The summed E-state index contributed by atoms with van der Waals surface area (Å²) in [5.41, 5.74) is 0.110. The summed E-state index contributed by atoms with van der Waals surface area (Å²) < 4.78 is 10.6. The number of rotatable bonds is 7. The number of ether oxygens (including phenoxy) is 2. The Bertz CT molecular complexity index is 540. The van der Waals surface area contributed by atoms with E-state index < -0.39 is 5.60 Å². The van der Waals surface area contributed by atoms with Crippen LogP contribution in [0.4, 0.5) is 0 Å². The molecule has 0 bridgehead atoms. The molecule has 1 aromatic carbocycles. The van der Waals surface area contributed by atoms with E-state index in [2.05, 4.69) is 13.5 Å². The van der Waals surface area contributed by atoms with Crippen molar-refractivity contribution in [1.29, 1.82) is 0 Å². The van der Waals surface area contributed by atoms with Crippen molar-refractivity contribution in [2.24, 2.45) is 0 Å². The summed E-state index contributed by atoms with van der Waals surface area (Å²) in [5, 5.41) is 11.0. The van der Waals surface area contributed by atoms with Gasteiger partial charge in [0.25, 0.3) is 0 Å².